The highest BCUT2D eigenvalue weighted by molar-refractivity contribution is 6.32. The summed E-state index contributed by atoms with van der Waals surface area (Å²) in [6.07, 6.45) is 4.43. The fourth-order valence-corrected chi connectivity index (χ4v) is 2.22. The van der Waals surface area contributed by atoms with E-state index in [0.29, 0.717) is 0 Å². The molecule has 82 valence electrons. The van der Waals surface area contributed by atoms with Crippen LogP contribution in [0.3, 0.4) is 0 Å². The topological polar surface area (TPSA) is 26.0 Å². The molecule has 1 fully saturated rings. The molecule has 0 radical (unpaired) electrons. The lowest BCUT2D eigenvalue weighted by atomic mass is 10.0. The zero-order valence-corrected chi connectivity index (χ0v) is 10.2. The minimum Gasteiger partial charge on any atom is -0.325 e. The Morgan fingerprint density at radius 1 is 1.33 bits per heavy atom. The third kappa shape index (κ3) is 2.53. The van der Waals surface area contributed by atoms with E-state index in [2.05, 4.69) is 26.0 Å². The summed E-state index contributed by atoms with van der Waals surface area (Å²) < 4.78 is 0. The van der Waals surface area contributed by atoms with Gasteiger partial charge in [0.05, 0.1) is 0 Å². The Morgan fingerprint density at radius 2 is 2.00 bits per heavy atom. The zero-order valence-electron chi connectivity index (χ0n) is 9.44. The maximum atomic E-state index is 6.27. The first-order valence-corrected chi connectivity index (χ1v) is 5.92. The maximum Gasteiger partial charge on any atom is 0.0467 e. The van der Waals surface area contributed by atoms with Crippen LogP contribution in [0.5, 0.6) is 0 Å². The van der Waals surface area contributed by atoms with Crippen molar-refractivity contribution in [3.8, 4) is 0 Å². The lowest BCUT2D eigenvalue weighted by molar-refractivity contribution is 0.609. The number of benzene rings is 1. The van der Waals surface area contributed by atoms with Crippen molar-refractivity contribution < 1.29 is 0 Å². The molecule has 15 heavy (non-hydrogen) atoms. The summed E-state index contributed by atoms with van der Waals surface area (Å²) in [5, 5.41) is 0.921. The molecular weight excluding hydrogens is 206 g/mol. The number of nitrogens with two attached hydrogens (primary N) is 1. The summed E-state index contributed by atoms with van der Waals surface area (Å²) in [6, 6.07) is 4.31. The Bertz CT molecular complexity index is 380. The third-order valence-electron chi connectivity index (χ3n) is 3.26. The van der Waals surface area contributed by atoms with Gasteiger partial charge in [-0.3, -0.25) is 0 Å². The van der Waals surface area contributed by atoms with Crippen LogP contribution in [0.15, 0.2) is 12.1 Å². The second-order valence-corrected chi connectivity index (χ2v) is 5.30. The van der Waals surface area contributed by atoms with Crippen LogP contribution in [0.25, 0.3) is 0 Å². The molecule has 0 amide bonds. The molecule has 0 aromatic heterocycles. The molecule has 0 unspecified atom stereocenters. The van der Waals surface area contributed by atoms with Gasteiger partial charge in [-0.25, -0.2) is 0 Å². The Labute approximate surface area is 96.6 Å². The summed E-state index contributed by atoms with van der Waals surface area (Å²) in [5.74, 6) is 0. The largest absolute Gasteiger partial charge is 0.325 e. The molecule has 2 heteroatoms. The van der Waals surface area contributed by atoms with Crippen molar-refractivity contribution in [2.24, 2.45) is 5.73 Å². The molecule has 0 spiro atoms. The van der Waals surface area contributed by atoms with Gasteiger partial charge < -0.3 is 5.73 Å². The molecule has 2 rings (SSSR count). The van der Waals surface area contributed by atoms with Crippen LogP contribution in [-0.4, -0.2) is 5.54 Å². The number of hydrogen-bond acceptors (Lipinski definition) is 1. The van der Waals surface area contributed by atoms with Gasteiger partial charge in [0.15, 0.2) is 0 Å². The van der Waals surface area contributed by atoms with Gasteiger partial charge in [-0.05, 0) is 50.7 Å². The summed E-state index contributed by atoms with van der Waals surface area (Å²) in [4.78, 5) is 0. The number of halogens is 1. The lowest BCUT2D eigenvalue weighted by Crippen LogP contribution is -2.22. The Morgan fingerprint density at radius 3 is 2.60 bits per heavy atom. The first kappa shape index (κ1) is 11.0. The van der Waals surface area contributed by atoms with Gasteiger partial charge in [0.2, 0.25) is 0 Å². The molecule has 0 heterocycles. The van der Waals surface area contributed by atoms with E-state index in [1.807, 2.05) is 0 Å². The molecule has 1 aliphatic rings. The summed E-state index contributed by atoms with van der Waals surface area (Å²) in [5.41, 5.74) is 9.92. The van der Waals surface area contributed by atoms with E-state index in [1.54, 1.807) is 0 Å². The highest BCUT2D eigenvalue weighted by atomic mass is 35.5. The van der Waals surface area contributed by atoms with Crippen LogP contribution in [0.4, 0.5) is 0 Å². The zero-order chi connectivity index (χ0) is 11.1. The highest BCUT2D eigenvalue weighted by Crippen LogP contribution is 2.37. The second kappa shape index (κ2) is 3.80. The van der Waals surface area contributed by atoms with E-state index in [-0.39, 0.29) is 5.54 Å². The molecule has 0 atom stereocenters. The standard InChI is InChI=1S/C13H18ClN/c1-9-7-10(2)12(14)11(8-9)3-4-13(15)5-6-13/h7-8H,3-6,15H2,1-2H3. The van der Waals surface area contributed by atoms with Gasteiger partial charge >= 0.3 is 0 Å². The van der Waals surface area contributed by atoms with E-state index in [4.69, 9.17) is 17.3 Å². The number of hydrogen-bond donors (Lipinski definition) is 1. The molecule has 0 saturated heterocycles. The normalized spacial score (nSPS) is 17.9. The number of aryl methyl sites for hydroxylation is 3. The maximum absolute atomic E-state index is 6.27. The summed E-state index contributed by atoms with van der Waals surface area (Å²) in [7, 11) is 0. The van der Waals surface area contributed by atoms with Gasteiger partial charge in [0.25, 0.3) is 0 Å². The predicted octanol–water partition coefficient (Wildman–Crippen LogP) is 3.38. The Kier molecular flexibility index (Phi) is 2.78. The van der Waals surface area contributed by atoms with Crippen molar-refractivity contribution in [1.29, 1.82) is 0 Å². The fraction of sp³-hybridized carbons (Fsp3) is 0.538. The second-order valence-electron chi connectivity index (χ2n) is 4.92. The smallest absolute Gasteiger partial charge is 0.0467 e. The van der Waals surface area contributed by atoms with Crippen LogP contribution in [0.2, 0.25) is 5.02 Å². The lowest BCUT2D eigenvalue weighted by Gasteiger charge is -2.11. The monoisotopic (exact) mass is 223 g/mol. The van der Waals surface area contributed by atoms with Gasteiger partial charge in [-0.1, -0.05) is 29.3 Å². The first-order valence-electron chi connectivity index (χ1n) is 5.55. The summed E-state index contributed by atoms with van der Waals surface area (Å²) in [6.45, 7) is 4.18. The number of rotatable bonds is 3. The fourth-order valence-electron chi connectivity index (χ4n) is 2.01. The molecule has 2 N–H and O–H groups in total. The molecular formula is C13H18ClN. The molecule has 1 saturated carbocycles. The quantitative estimate of drug-likeness (QED) is 0.836. The van der Waals surface area contributed by atoms with Crippen molar-refractivity contribution in [2.75, 3.05) is 0 Å². The third-order valence-corrected chi connectivity index (χ3v) is 3.80. The summed E-state index contributed by atoms with van der Waals surface area (Å²) >= 11 is 6.27. The van der Waals surface area contributed by atoms with Crippen molar-refractivity contribution in [3.05, 3.63) is 33.8 Å². The van der Waals surface area contributed by atoms with Crippen LogP contribution in [-0.2, 0) is 6.42 Å². The SMILES string of the molecule is Cc1cc(C)c(Cl)c(CCC2(N)CC2)c1. The van der Waals surface area contributed by atoms with Crippen LogP contribution >= 0.6 is 11.6 Å². The van der Waals surface area contributed by atoms with Gasteiger partial charge in [-0.2, -0.15) is 0 Å². The van der Waals surface area contributed by atoms with E-state index in [9.17, 15) is 0 Å². The van der Waals surface area contributed by atoms with Crippen LogP contribution in [0.1, 0.15) is 36.0 Å². The van der Waals surface area contributed by atoms with Crippen LogP contribution in [0, 0.1) is 13.8 Å². The average molecular weight is 224 g/mol. The van der Waals surface area contributed by atoms with E-state index < -0.39 is 0 Å². The molecule has 1 aromatic carbocycles. The van der Waals surface area contributed by atoms with Crippen molar-refractivity contribution in [3.63, 3.8) is 0 Å². The molecule has 1 nitrogen and oxygen atoms in total. The predicted molar refractivity (Wildman–Crippen MR) is 65.4 cm³/mol. The highest BCUT2D eigenvalue weighted by Gasteiger charge is 2.37. The minimum absolute atomic E-state index is 0.126. The van der Waals surface area contributed by atoms with Crippen LogP contribution < -0.4 is 5.73 Å². The Balaban J connectivity index is 2.13. The minimum atomic E-state index is 0.126. The molecule has 1 aromatic rings. The van der Waals surface area contributed by atoms with Gasteiger partial charge in [0, 0.05) is 10.6 Å². The van der Waals surface area contributed by atoms with Gasteiger partial charge in [0.1, 0.15) is 0 Å². The average Bonchev–Trinajstić information content (AvgIpc) is 2.88. The molecule has 0 bridgehead atoms. The van der Waals surface area contributed by atoms with E-state index in [1.165, 1.54) is 29.5 Å². The first-order chi connectivity index (χ1) is 7.00. The van der Waals surface area contributed by atoms with Crippen molar-refractivity contribution in [1.82, 2.24) is 0 Å². The van der Waals surface area contributed by atoms with Crippen molar-refractivity contribution >= 4 is 11.6 Å². The van der Waals surface area contributed by atoms with Gasteiger partial charge in [-0.15, -0.1) is 0 Å². The molecule has 1 aliphatic carbocycles. The van der Waals surface area contributed by atoms with E-state index in [0.717, 1.165) is 17.9 Å². The molecule has 0 aliphatic heterocycles. The Hall–Kier alpha value is -0.530. The van der Waals surface area contributed by atoms with E-state index >= 15 is 0 Å². The van der Waals surface area contributed by atoms with Crippen molar-refractivity contribution in [2.45, 2.75) is 45.1 Å².